The Kier molecular flexibility index (Phi) is 5.49. The summed E-state index contributed by atoms with van der Waals surface area (Å²) in [5.74, 6) is -2.14. The van der Waals surface area contributed by atoms with Crippen LogP contribution in [0, 0.1) is 11.6 Å². The number of aromatic nitrogens is 1. The van der Waals surface area contributed by atoms with Crippen LogP contribution in [-0.2, 0) is 16.0 Å². The number of nitrogens with one attached hydrogen (secondary N) is 2. The van der Waals surface area contributed by atoms with Gasteiger partial charge in [0.1, 0.15) is 11.6 Å². The number of H-pyrrole nitrogens is 1. The highest BCUT2D eigenvalue weighted by Gasteiger charge is 2.16. The van der Waals surface area contributed by atoms with Crippen LogP contribution >= 0.6 is 0 Å². The zero-order chi connectivity index (χ0) is 19.4. The molecule has 0 atom stereocenters. The van der Waals surface area contributed by atoms with Crippen LogP contribution in [-0.4, -0.2) is 29.9 Å². The second kappa shape index (κ2) is 7.99. The number of halogens is 2. The van der Waals surface area contributed by atoms with Gasteiger partial charge in [-0.3, -0.25) is 9.59 Å². The standard InChI is InChI=1S/C20H19F2N3O2/c1-13(26)25(19-7-6-15(21)11-17(19)22)9-8-23-20(27)10-14-12-24-18-5-3-2-4-16(14)18/h2-7,11-12,24H,8-10H2,1H3,(H,23,27). The van der Waals surface area contributed by atoms with Gasteiger partial charge in [0.05, 0.1) is 12.1 Å². The average Bonchev–Trinajstić information content (AvgIpc) is 3.02. The molecule has 27 heavy (non-hydrogen) atoms. The fourth-order valence-electron chi connectivity index (χ4n) is 2.97. The van der Waals surface area contributed by atoms with Gasteiger partial charge in [-0.05, 0) is 23.8 Å². The van der Waals surface area contributed by atoms with Crippen molar-refractivity contribution in [2.45, 2.75) is 13.3 Å². The van der Waals surface area contributed by atoms with E-state index in [1.165, 1.54) is 17.9 Å². The highest BCUT2D eigenvalue weighted by Crippen LogP contribution is 2.20. The third-order valence-electron chi connectivity index (χ3n) is 4.26. The number of anilines is 1. The van der Waals surface area contributed by atoms with E-state index < -0.39 is 17.5 Å². The van der Waals surface area contributed by atoms with Crippen LogP contribution in [0.1, 0.15) is 12.5 Å². The van der Waals surface area contributed by atoms with E-state index in [2.05, 4.69) is 10.3 Å². The second-order valence-electron chi connectivity index (χ2n) is 6.15. The molecule has 0 bridgehead atoms. The van der Waals surface area contributed by atoms with Gasteiger partial charge in [-0.25, -0.2) is 8.78 Å². The zero-order valence-electron chi connectivity index (χ0n) is 14.8. The number of fused-ring (bicyclic) bond motifs is 1. The van der Waals surface area contributed by atoms with Gasteiger partial charge >= 0.3 is 0 Å². The maximum atomic E-state index is 13.9. The molecule has 5 nitrogen and oxygen atoms in total. The molecule has 7 heteroatoms. The lowest BCUT2D eigenvalue weighted by Gasteiger charge is -2.22. The Morgan fingerprint density at radius 2 is 1.93 bits per heavy atom. The van der Waals surface area contributed by atoms with Crippen molar-refractivity contribution in [2.75, 3.05) is 18.0 Å². The van der Waals surface area contributed by atoms with E-state index in [0.29, 0.717) is 0 Å². The maximum absolute atomic E-state index is 13.9. The van der Waals surface area contributed by atoms with Gasteiger partial charge in [-0.15, -0.1) is 0 Å². The van der Waals surface area contributed by atoms with E-state index in [1.807, 2.05) is 24.3 Å². The minimum absolute atomic E-state index is 0.0187. The van der Waals surface area contributed by atoms with Gasteiger partial charge in [0.15, 0.2) is 0 Å². The van der Waals surface area contributed by atoms with E-state index in [4.69, 9.17) is 0 Å². The van der Waals surface area contributed by atoms with Gasteiger partial charge in [-0.1, -0.05) is 18.2 Å². The molecule has 0 aliphatic carbocycles. The first kappa shape index (κ1) is 18.6. The molecule has 0 aliphatic rings. The fourth-order valence-corrected chi connectivity index (χ4v) is 2.97. The average molecular weight is 371 g/mol. The first-order valence-electron chi connectivity index (χ1n) is 8.50. The SMILES string of the molecule is CC(=O)N(CCNC(=O)Cc1c[nH]c2ccccc12)c1ccc(F)cc1F. The molecule has 2 aromatic carbocycles. The molecule has 2 amide bonds. The summed E-state index contributed by atoms with van der Waals surface area (Å²) in [6.07, 6.45) is 1.98. The topological polar surface area (TPSA) is 65.2 Å². The van der Waals surface area contributed by atoms with Crippen LogP contribution in [0.25, 0.3) is 10.9 Å². The predicted molar refractivity (Wildman–Crippen MR) is 99.4 cm³/mol. The van der Waals surface area contributed by atoms with Gasteiger partial charge in [0, 0.05) is 43.2 Å². The number of nitrogens with zero attached hydrogens (tertiary/aromatic N) is 1. The van der Waals surface area contributed by atoms with Crippen LogP contribution in [0.3, 0.4) is 0 Å². The Morgan fingerprint density at radius 3 is 2.67 bits per heavy atom. The smallest absolute Gasteiger partial charge is 0.224 e. The molecule has 1 heterocycles. The molecule has 140 valence electrons. The number of hydrogen-bond acceptors (Lipinski definition) is 2. The molecule has 0 saturated heterocycles. The van der Waals surface area contributed by atoms with Crippen molar-refractivity contribution in [1.29, 1.82) is 0 Å². The van der Waals surface area contributed by atoms with Crippen molar-refractivity contribution in [3.05, 3.63) is 65.9 Å². The molecular formula is C20H19F2N3O2. The fraction of sp³-hybridized carbons (Fsp3) is 0.200. The van der Waals surface area contributed by atoms with Crippen LogP contribution < -0.4 is 10.2 Å². The minimum atomic E-state index is -0.824. The summed E-state index contributed by atoms with van der Waals surface area (Å²) in [6.45, 7) is 1.52. The van der Waals surface area contributed by atoms with Crippen LogP contribution in [0.2, 0.25) is 0 Å². The molecule has 0 fully saturated rings. The number of para-hydroxylation sites is 1. The summed E-state index contributed by atoms with van der Waals surface area (Å²) in [4.78, 5) is 28.3. The van der Waals surface area contributed by atoms with Crippen molar-refractivity contribution in [3.63, 3.8) is 0 Å². The van der Waals surface area contributed by atoms with Gasteiger partial charge in [0.2, 0.25) is 11.8 Å². The summed E-state index contributed by atoms with van der Waals surface area (Å²) in [6, 6.07) is 10.7. The van der Waals surface area contributed by atoms with Crippen LogP contribution in [0.15, 0.2) is 48.7 Å². The van der Waals surface area contributed by atoms with E-state index in [-0.39, 0.29) is 31.1 Å². The zero-order valence-corrected chi connectivity index (χ0v) is 14.8. The summed E-state index contributed by atoms with van der Waals surface area (Å²) in [5.41, 5.74) is 1.81. The Bertz CT molecular complexity index is 984. The molecule has 3 aromatic rings. The first-order chi connectivity index (χ1) is 13.0. The Balaban J connectivity index is 1.60. The van der Waals surface area contributed by atoms with Crippen molar-refractivity contribution < 1.29 is 18.4 Å². The lowest BCUT2D eigenvalue weighted by atomic mass is 10.1. The van der Waals surface area contributed by atoms with Crippen molar-refractivity contribution >= 4 is 28.4 Å². The molecular weight excluding hydrogens is 352 g/mol. The number of benzene rings is 2. The molecule has 1 aromatic heterocycles. The number of rotatable bonds is 6. The number of amides is 2. The normalized spacial score (nSPS) is 10.8. The summed E-state index contributed by atoms with van der Waals surface area (Å²) >= 11 is 0. The molecule has 0 radical (unpaired) electrons. The van der Waals surface area contributed by atoms with Gasteiger partial charge in [-0.2, -0.15) is 0 Å². The highest BCUT2D eigenvalue weighted by atomic mass is 19.1. The molecule has 0 unspecified atom stereocenters. The number of carbonyl (C=O) groups excluding carboxylic acids is 2. The third-order valence-corrected chi connectivity index (χ3v) is 4.26. The number of hydrogen-bond donors (Lipinski definition) is 2. The Hall–Kier alpha value is -3.22. The summed E-state index contributed by atoms with van der Waals surface area (Å²) in [5, 5.41) is 3.71. The van der Waals surface area contributed by atoms with Crippen LogP contribution in [0.5, 0.6) is 0 Å². The second-order valence-corrected chi connectivity index (χ2v) is 6.15. The van der Waals surface area contributed by atoms with Crippen molar-refractivity contribution in [2.24, 2.45) is 0 Å². The quantitative estimate of drug-likeness (QED) is 0.699. The Labute approximate surface area is 155 Å². The van der Waals surface area contributed by atoms with E-state index in [9.17, 15) is 18.4 Å². The Morgan fingerprint density at radius 1 is 1.15 bits per heavy atom. The summed E-state index contributed by atoms with van der Waals surface area (Å²) in [7, 11) is 0. The number of aromatic amines is 1. The lowest BCUT2D eigenvalue weighted by molar-refractivity contribution is -0.121. The van der Waals surface area contributed by atoms with E-state index in [0.717, 1.165) is 28.6 Å². The minimum Gasteiger partial charge on any atom is -0.361 e. The molecule has 0 aliphatic heterocycles. The van der Waals surface area contributed by atoms with E-state index in [1.54, 1.807) is 6.20 Å². The van der Waals surface area contributed by atoms with Gasteiger partial charge in [0.25, 0.3) is 0 Å². The summed E-state index contributed by atoms with van der Waals surface area (Å²) < 4.78 is 27.0. The largest absolute Gasteiger partial charge is 0.361 e. The predicted octanol–water partition coefficient (Wildman–Crippen LogP) is 3.16. The highest BCUT2D eigenvalue weighted by molar-refractivity contribution is 5.92. The molecule has 0 spiro atoms. The maximum Gasteiger partial charge on any atom is 0.224 e. The van der Waals surface area contributed by atoms with E-state index >= 15 is 0 Å². The first-order valence-corrected chi connectivity index (χ1v) is 8.50. The molecule has 0 saturated carbocycles. The van der Waals surface area contributed by atoms with Crippen LogP contribution in [0.4, 0.5) is 14.5 Å². The third kappa shape index (κ3) is 4.31. The monoisotopic (exact) mass is 371 g/mol. The molecule has 2 N–H and O–H groups in total. The van der Waals surface area contributed by atoms with Crippen molar-refractivity contribution in [1.82, 2.24) is 10.3 Å². The lowest BCUT2D eigenvalue weighted by Crippen LogP contribution is -2.38. The number of carbonyl (C=O) groups is 2. The van der Waals surface area contributed by atoms with Crippen molar-refractivity contribution in [3.8, 4) is 0 Å². The molecule has 3 rings (SSSR count). The van der Waals surface area contributed by atoms with Gasteiger partial charge < -0.3 is 15.2 Å².